The molecular weight excluding hydrogens is 376 g/mol. The van der Waals surface area contributed by atoms with Crippen molar-refractivity contribution in [1.29, 1.82) is 0 Å². The Kier molecular flexibility index (Phi) is 3.62. The summed E-state index contributed by atoms with van der Waals surface area (Å²) in [6.45, 7) is 3.41. The lowest BCUT2D eigenvalue weighted by Gasteiger charge is -2.23. The first kappa shape index (κ1) is 14.7. The maximum absolute atomic E-state index is 6.41. The molecule has 0 atom stereocenters. The molecule has 0 N–H and O–H groups in total. The summed E-state index contributed by atoms with van der Waals surface area (Å²) >= 11 is 9.98. The van der Waals surface area contributed by atoms with Crippen molar-refractivity contribution in [2.75, 3.05) is 4.90 Å². The van der Waals surface area contributed by atoms with Gasteiger partial charge in [0.15, 0.2) is 5.82 Å². The Hall–Kier alpha value is -1.85. The number of para-hydroxylation sites is 1. The van der Waals surface area contributed by atoms with Crippen LogP contribution in [0.5, 0.6) is 0 Å². The Labute approximate surface area is 147 Å². The van der Waals surface area contributed by atoms with Crippen molar-refractivity contribution in [3.63, 3.8) is 0 Å². The van der Waals surface area contributed by atoms with E-state index in [9.17, 15) is 0 Å². The lowest BCUT2D eigenvalue weighted by molar-refractivity contribution is 0.767. The Morgan fingerprint density at radius 2 is 1.87 bits per heavy atom. The maximum Gasteiger partial charge on any atom is 0.157 e. The van der Waals surface area contributed by atoms with Crippen molar-refractivity contribution >= 4 is 33.2 Å². The van der Waals surface area contributed by atoms with Crippen LogP contribution >= 0.6 is 27.5 Å². The molecule has 3 aromatic rings. The first-order chi connectivity index (χ1) is 11.1. The zero-order valence-corrected chi connectivity index (χ0v) is 14.8. The average molecular weight is 390 g/mol. The first-order valence-corrected chi connectivity index (χ1v) is 8.50. The Morgan fingerprint density at radius 1 is 1.04 bits per heavy atom. The van der Waals surface area contributed by atoms with E-state index in [1.165, 1.54) is 5.56 Å². The van der Waals surface area contributed by atoms with Gasteiger partial charge in [0, 0.05) is 11.0 Å². The van der Waals surface area contributed by atoms with Gasteiger partial charge >= 0.3 is 0 Å². The third-order valence-corrected chi connectivity index (χ3v) is 4.87. The highest BCUT2D eigenvalue weighted by molar-refractivity contribution is 9.10. The van der Waals surface area contributed by atoms with E-state index in [1.54, 1.807) is 0 Å². The zero-order valence-electron chi connectivity index (χ0n) is 12.5. The van der Waals surface area contributed by atoms with Crippen molar-refractivity contribution in [3.8, 4) is 5.69 Å². The molecule has 2 heterocycles. The molecule has 0 bridgehead atoms. The minimum Gasteiger partial charge on any atom is -0.358 e. The number of hydrogen-bond donors (Lipinski definition) is 0. The maximum atomic E-state index is 6.41. The van der Waals surface area contributed by atoms with E-state index in [4.69, 9.17) is 11.6 Å². The second-order valence-electron chi connectivity index (χ2n) is 5.58. The molecule has 0 radical (unpaired) electrons. The van der Waals surface area contributed by atoms with E-state index in [0.29, 0.717) is 6.54 Å². The van der Waals surface area contributed by atoms with Gasteiger partial charge in [0.2, 0.25) is 0 Å². The van der Waals surface area contributed by atoms with Crippen molar-refractivity contribution < 1.29 is 0 Å². The van der Waals surface area contributed by atoms with Crippen molar-refractivity contribution in [3.05, 3.63) is 69.2 Å². The second-order valence-corrected chi connectivity index (χ2v) is 6.90. The highest BCUT2D eigenvalue weighted by atomic mass is 79.9. The number of anilines is 1. The predicted molar refractivity (Wildman–Crippen MR) is 95.1 cm³/mol. The molecule has 1 aliphatic rings. The third kappa shape index (κ3) is 2.54. The molecule has 0 fully saturated rings. The topological polar surface area (TPSA) is 34.0 Å². The Morgan fingerprint density at radius 3 is 2.70 bits per heavy atom. The molecule has 0 amide bonds. The van der Waals surface area contributed by atoms with Gasteiger partial charge in [-0.3, -0.25) is 4.57 Å². The van der Waals surface area contributed by atoms with Gasteiger partial charge in [-0.25, -0.2) is 0 Å². The van der Waals surface area contributed by atoms with E-state index in [0.717, 1.165) is 39.1 Å². The molecule has 23 heavy (non-hydrogen) atoms. The number of nitrogens with zero attached hydrogens (tertiary/aromatic N) is 4. The van der Waals surface area contributed by atoms with Crippen LogP contribution in [0.1, 0.15) is 17.2 Å². The predicted octanol–water partition coefficient (Wildman–Crippen LogP) is 4.51. The van der Waals surface area contributed by atoms with Gasteiger partial charge in [-0.2, -0.15) is 0 Å². The molecule has 0 saturated heterocycles. The second kappa shape index (κ2) is 5.65. The Bertz CT molecular complexity index is 890. The van der Waals surface area contributed by atoms with Crippen LogP contribution in [0.4, 0.5) is 5.69 Å². The summed E-state index contributed by atoms with van der Waals surface area (Å²) in [5.74, 6) is 1.81. The molecule has 6 heteroatoms. The van der Waals surface area contributed by atoms with Gasteiger partial charge in [0.05, 0.1) is 22.9 Å². The normalized spacial score (nSPS) is 13.4. The standard InChI is InChI=1S/C17H14BrClN4/c1-11-20-21-17-10-22(16-5-3-2-4-14(16)19)9-12-8-13(18)6-7-15(12)23(11)17/h2-8H,9-10H2,1H3. The lowest BCUT2D eigenvalue weighted by Crippen LogP contribution is -2.21. The third-order valence-electron chi connectivity index (χ3n) is 4.06. The summed E-state index contributed by atoms with van der Waals surface area (Å²) in [5.41, 5.74) is 3.34. The highest BCUT2D eigenvalue weighted by Gasteiger charge is 2.23. The van der Waals surface area contributed by atoms with E-state index >= 15 is 0 Å². The minimum absolute atomic E-state index is 0.664. The van der Waals surface area contributed by atoms with Gasteiger partial charge in [-0.15, -0.1) is 10.2 Å². The molecule has 1 aromatic heterocycles. The van der Waals surface area contributed by atoms with Crippen LogP contribution in [0.2, 0.25) is 5.02 Å². The van der Waals surface area contributed by atoms with Gasteiger partial charge in [-0.05, 0) is 42.8 Å². The summed E-state index contributed by atoms with van der Waals surface area (Å²) in [6, 6.07) is 14.2. The number of hydrogen-bond acceptors (Lipinski definition) is 3. The lowest BCUT2D eigenvalue weighted by atomic mass is 10.1. The summed E-state index contributed by atoms with van der Waals surface area (Å²) in [5, 5.41) is 9.36. The number of aromatic nitrogens is 3. The van der Waals surface area contributed by atoms with Crippen molar-refractivity contribution in [2.45, 2.75) is 20.0 Å². The monoisotopic (exact) mass is 388 g/mol. The number of fused-ring (bicyclic) bond motifs is 3. The van der Waals surface area contributed by atoms with Crippen LogP contribution in [0.3, 0.4) is 0 Å². The van der Waals surface area contributed by atoms with Crippen molar-refractivity contribution in [1.82, 2.24) is 14.8 Å². The molecule has 2 aromatic carbocycles. The van der Waals surface area contributed by atoms with Crippen LogP contribution in [0, 0.1) is 6.92 Å². The average Bonchev–Trinajstić information content (AvgIpc) is 2.80. The van der Waals surface area contributed by atoms with Gasteiger partial charge < -0.3 is 4.90 Å². The number of aryl methyl sites for hydroxylation is 1. The molecule has 0 saturated carbocycles. The highest BCUT2D eigenvalue weighted by Crippen LogP contribution is 2.33. The van der Waals surface area contributed by atoms with E-state index in [1.807, 2.05) is 37.3 Å². The van der Waals surface area contributed by atoms with E-state index < -0.39 is 0 Å². The van der Waals surface area contributed by atoms with Gasteiger partial charge in [0.1, 0.15) is 5.82 Å². The van der Waals surface area contributed by atoms with Crippen LogP contribution in [0.25, 0.3) is 5.69 Å². The fourth-order valence-electron chi connectivity index (χ4n) is 3.03. The smallest absolute Gasteiger partial charge is 0.157 e. The molecule has 0 aliphatic carbocycles. The first-order valence-electron chi connectivity index (χ1n) is 7.32. The summed E-state index contributed by atoms with van der Waals surface area (Å²) < 4.78 is 3.18. The van der Waals surface area contributed by atoms with Crippen LogP contribution < -0.4 is 4.90 Å². The molecule has 0 unspecified atom stereocenters. The SMILES string of the molecule is Cc1nnc2n1-c1ccc(Br)cc1CN(c1ccccc1Cl)C2. The molecular formula is C17H14BrClN4. The fourth-order valence-corrected chi connectivity index (χ4v) is 3.70. The number of benzene rings is 2. The summed E-state index contributed by atoms with van der Waals surface area (Å²) in [7, 11) is 0. The summed E-state index contributed by atoms with van der Waals surface area (Å²) in [6.07, 6.45) is 0. The van der Waals surface area contributed by atoms with Crippen LogP contribution in [-0.4, -0.2) is 14.8 Å². The molecule has 1 aliphatic heterocycles. The Balaban J connectivity index is 1.91. The largest absolute Gasteiger partial charge is 0.358 e. The van der Waals surface area contributed by atoms with Gasteiger partial charge in [-0.1, -0.05) is 39.7 Å². The summed E-state index contributed by atoms with van der Waals surface area (Å²) in [4.78, 5) is 2.24. The van der Waals surface area contributed by atoms with E-state index in [-0.39, 0.29) is 0 Å². The quantitative estimate of drug-likeness (QED) is 0.614. The zero-order chi connectivity index (χ0) is 16.0. The van der Waals surface area contributed by atoms with Gasteiger partial charge in [0.25, 0.3) is 0 Å². The number of rotatable bonds is 1. The molecule has 116 valence electrons. The molecule has 4 rings (SSSR count). The van der Waals surface area contributed by atoms with Crippen molar-refractivity contribution in [2.24, 2.45) is 0 Å². The fraction of sp³-hybridized carbons (Fsp3) is 0.176. The molecule has 0 spiro atoms. The van der Waals surface area contributed by atoms with E-state index in [2.05, 4.69) is 47.7 Å². The molecule has 4 nitrogen and oxygen atoms in total. The number of halogens is 2. The van der Waals surface area contributed by atoms with Crippen LogP contribution in [0.15, 0.2) is 46.9 Å². The minimum atomic E-state index is 0.664. The van der Waals surface area contributed by atoms with Crippen LogP contribution in [-0.2, 0) is 13.1 Å².